The predicted octanol–water partition coefficient (Wildman–Crippen LogP) is 4.30. The molecule has 0 fully saturated rings. The lowest BCUT2D eigenvalue weighted by Crippen LogP contribution is -2.26. The van der Waals surface area contributed by atoms with Crippen LogP contribution in [0.1, 0.15) is 34.7 Å². The number of nitrogens with zero attached hydrogens (tertiary/aromatic N) is 1. The molecule has 0 spiro atoms. The van der Waals surface area contributed by atoms with Crippen LogP contribution < -0.4 is 5.32 Å². The Morgan fingerprint density at radius 1 is 1.26 bits per heavy atom. The number of amides is 1. The summed E-state index contributed by atoms with van der Waals surface area (Å²) in [6.07, 6.45) is 3.07. The van der Waals surface area contributed by atoms with Crippen LogP contribution in [0.25, 0.3) is 0 Å². The number of hydrogen-bond acceptors (Lipinski definition) is 4. The Hall–Kier alpha value is -1.33. The Bertz CT molecular complexity index is 652. The highest BCUT2D eigenvalue weighted by molar-refractivity contribution is 8.00. The number of benzene rings is 1. The molecule has 1 N–H and O–H groups in total. The molecule has 124 valence electrons. The van der Waals surface area contributed by atoms with E-state index in [9.17, 15) is 4.79 Å². The summed E-state index contributed by atoms with van der Waals surface area (Å²) in [4.78, 5) is 17.6. The first-order valence-corrected chi connectivity index (χ1v) is 9.79. The van der Waals surface area contributed by atoms with Gasteiger partial charge in [0, 0.05) is 22.5 Å². The fraction of sp³-hybridized carbons (Fsp3) is 0.444. The van der Waals surface area contributed by atoms with Crippen molar-refractivity contribution in [3.05, 3.63) is 45.4 Å². The number of unbranched alkanes of at least 4 members (excludes halogenated alkanes) is 1. The number of rotatable bonds is 8. The first kappa shape index (κ1) is 18.0. The number of thiazole rings is 1. The van der Waals surface area contributed by atoms with Gasteiger partial charge in [-0.05, 0) is 51.7 Å². The minimum absolute atomic E-state index is 0.112. The van der Waals surface area contributed by atoms with E-state index in [0.29, 0.717) is 5.75 Å². The van der Waals surface area contributed by atoms with Crippen molar-refractivity contribution in [1.29, 1.82) is 0 Å². The van der Waals surface area contributed by atoms with Gasteiger partial charge in [0.2, 0.25) is 5.91 Å². The predicted molar refractivity (Wildman–Crippen MR) is 99.4 cm³/mol. The Morgan fingerprint density at radius 2 is 2.09 bits per heavy atom. The van der Waals surface area contributed by atoms with E-state index < -0.39 is 0 Å². The summed E-state index contributed by atoms with van der Waals surface area (Å²) in [5, 5.41) is 6.28. The van der Waals surface area contributed by atoms with Crippen molar-refractivity contribution in [3.8, 4) is 0 Å². The number of carbonyl (C=O) groups excluding carboxylic acids is 1. The summed E-state index contributed by atoms with van der Waals surface area (Å²) in [5.74, 6) is 0.594. The maximum Gasteiger partial charge on any atom is 0.230 e. The summed E-state index contributed by atoms with van der Waals surface area (Å²) in [5.41, 5.74) is 3.56. The zero-order valence-corrected chi connectivity index (χ0v) is 15.6. The summed E-state index contributed by atoms with van der Waals surface area (Å²) in [6.45, 7) is 6.93. The molecule has 3 nitrogen and oxygen atoms in total. The minimum Gasteiger partial charge on any atom is -0.355 e. The highest BCUT2D eigenvalue weighted by Crippen LogP contribution is 2.23. The summed E-state index contributed by atoms with van der Waals surface area (Å²) in [6, 6.07) is 6.35. The second-order valence-corrected chi connectivity index (χ2v) is 7.71. The van der Waals surface area contributed by atoms with Gasteiger partial charge < -0.3 is 5.32 Å². The zero-order valence-electron chi connectivity index (χ0n) is 14.0. The molecule has 0 unspecified atom stereocenters. The van der Waals surface area contributed by atoms with Crippen LogP contribution in [0.2, 0.25) is 0 Å². The number of nitrogens with one attached hydrogen (secondary N) is 1. The maximum absolute atomic E-state index is 11.9. The van der Waals surface area contributed by atoms with E-state index >= 15 is 0 Å². The first-order valence-electron chi connectivity index (χ1n) is 7.92. The van der Waals surface area contributed by atoms with Crippen LogP contribution in [-0.4, -0.2) is 23.2 Å². The normalized spacial score (nSPS) is 10.7. The van der Waals surface area contributed by atoms with E-state index in [1.165, 1.54) is 21.0 Å². The zero-order chi connectivity index (χ0) is 16.7. The third-order valence-corrected chi connectivity index (χ3v) is 5.69. The summed E-state index contributed by atoms with van der Waals surface area (Å²) >= 11 is 3.33. The van der Waals surface area contributed by atoms with Crippen LogP contribution in [0, 0.1) is 20.8 Å². The number of aryl methyl sites for hydroxylation is 4. The topological polar surface area (TPSA) is 42.0 Å². The van der Waals surface area contributed by atoms with Crippen molar-refractivity contribution >= 4 is 29.0 Å². The Labute approximate surface area is 146 Å². The first-order chi connectivity index (χ1) is 11.0. The largest absolute Gasteiger partial charge is 0.355 e. The third kappa shape index (κ3) is 6.36. The van der Waals surface area contributed by atoms with Gasteiger partial charge in [-0.1, -0.05) is 17.7 Å². The van der Waals surface area contributed by atoms with Gasteiger partial charge in [0.1, 0.15) is 0 Å². The van der Waals surface area contributed by atoms with Crippen molar-refractivity contribution in [2.24, 2.45) is 0 Å². The molecular weight excluding hydrogens is 324 g/mol. The van der Waals surface area contributed by atoms with Gasteiger partial charge in [0.05, 0.1) is 10.8 Å². The van der Waals surface area contributed by atoms with E-state index in [0.717, 1.165) is 31.5 Å². The lowest BCUT2D eigenvalue weighted by atomic mass is 10.2. The minimum atomic E-state index is 0.112. The molecule has 2 aromatic rings. The highest BCUT2D eigenvalue weighted by atomic mass is 32.2. The number of aromatic nitrogens is 1. The van der Waals surface area contributed by atoms with Crippen molar-refractivity contribution in [1.82, 2.24) is 10.3 Å². The fourth-order valence-corrected chi connectivity index (χ4v) is 3.98. The Balaban J connectivity index is 1.60. The van der Waals surface area contributed by atoms with Crippen LogP contribution >= 0.6 is 23.1 Å². The molecule has 1 amide bonds. The smallest absolute Gasteiger partial charge is 0.230 e. The van der Waals surface area contributed by atoms with Gasteiger partial charge in [-0.2, -0.15) is 0 Å². The van der Waals surface area contributed by atoms with E-state index in [1.807, 2.05) is 6.92 Å². The molecule has 23 heavy (non-hydrogen) atoms. The van der Waals surface area contributed by atoms with Gasteiger partial charge in [-0.3, -0.25) is 4.79 Å². The van der Waals surface area contributed by atoms with E-state index in [-0.39, 0.29) is 5.91 Å². The molecule has 5 heteroatoms. The van der Waals surface area contributed by atoms with E-state index in [1.54, 1.807) is 23.1 Å². The molecule has 0 aliphatic carbocycles. The lowest BCUT2D eigenvalue weighted by molar-refractivity contribution is -0.118. The standard InChI is InChI=1S/C18H24N2OS2/c1-13-7-8-14(2)16(10-13)22-12-17(21)19-9-5-4-6-18-20-15(3)11-23-18/h7-8,10-11H,4-6,9,12H2,1-3H3,(H,19,21). The van der Waals surface area contributed by atoms with E-state index in [2.05, 4.69) is 47.7 Å². The number of hydrogen-bond donors (Lipinski definition) is 1. The van der Waals surface area contributed by atoms with Crippen molar-refractivity contribution in [2.75, 3.05) is 12.3 Å². The molecule has 1 heterocycles. The molecule has 0 aliphatic heterocycles. The molecule has 0 saturated carbocycles. The molecule has 0 bridgehead atoms. The van der Waals surface area contributed by atoms with Crippen molar-refractivity contribution < 1.29 is 4.79 Å². The molecule has 1 aromatic carbocycles. The highest BCUT2D eigenvalue weighted by Gasteiger charge is 2.05. The van der Waals surface area contributed by atoms with Crippen LogP contribution in [0.15, 0.2) is 28.5 Å². The van der Waals surface area contributed by atoms with Gasteiger partial charge in [-0.15, -0.1) is 23.1 Å². The molecule has 1 aromatic heterocycles. The van der Waals surface area contributed by atoms with Gasteiger partial charge in [0.15, 0.2) is 0 Å². The van der Waals surface area contributed by atoms with Crippen LogP contribution in [0.3, 0.4) is 0 Å². The molecule has 2 rings (SSSR count). The average molecular weight is 349 g/mol. The van der Waals surface area contributed by atoms with E-state index in [4.69, 9.17) is 0 Å². The summed E-state index contributed by atoms with van der Waals surface area (Å²) in [7, 11) is 0. The Kier molecular flexibility index (Phi) is 7.12. The van der Waals surface area contributed by atoms with Crippen LogP contribution in [0.4, 0.5) is 0 Å². The lowest BCUT2D eigenvalue weighted by Gasteiger charge is -2.07. The second kappa shape index (κ2) is 9.08. The van der Waals surface area contributed by atoms with Crippen molar-refractivity contribution in [2.45, 2.75) is 44.9 Å². The van der Waals surface area contributed by atoms with Crippen LogP contribution in [-0.2, 0) is 11.2 Å². The molecule has 0 saturated heterocycles. The third-order valence-electron chi connectivity index (χ3n) is 3.51. The molecule has 0 atom stereocenters. The average Bonchev–Trinajstić information content (AvgIpc) is 2.93. The molecule has 0 radical (unpaired) electrons. The maximum atomic E-state index is 11.9. The monoisotopic (exact) mass is 348 g/mol. The fourth-order valence-electron chi connectivity index (χ4n) is 2.20. The SMILES string of the molecule is Cc1ccc(C)c(SCC(=O)NCCCCc2nc(C)cs2)c1. The quantitative estimate of drug-likeness (QED) is 0.571. The Morgan fingerprint density at radius 3 is 2.83 bits per heavy atom. The second-order valence-electron chi connectivity index (χ2n) is 5.75. The number of carbonyl (C=O) groups is 1. The van der Waals surface area contributed by atoms with Crippen molar-refractivity contribution in [3.63, 3.8) is 0 Å². The summed E-state index contributed by atoms with van der Waals surface area (Å²) < 4.78 is 0. The number of thioether (sulfide) groups is 1. The molecule has 0 aliphatic rings. The van der Waals surface area contributed by atoms with Crippen LogP contribution in [0.5, 0.6) is 0 Å². The van der Waals surface area contributed by atoms with Gasteiger partial charge in [0.25, 0.3) is 0 Å². The van der Waals surface area contributed by atoms with Gasteiger partial charge in [-0.25, -0.2) is 4.98 Å². The molecular formula is C18H24N2OS2. The van der Waals surface area contributed by atoms with Gasteiger partial charge >= 0.3 is 0 Å².